The lowest BCUT2D eigenvalue weighted by Gasteiger charge is -2.15. The average Bonchev–Trinajstić information content (AvgIpc) is 2.87. The number of thiophene rings is 1. The molecule has 3 heteroatoms. The minimum Gasteiger partial charge on any atom is -0.371 e. The lowest BCUT2D eigenvalue weighted by Crippen LogP contribution is -2.27. The Morgan fingerprint density at radius 3 is 3.29 bits per heavy atom. The van der Waals surface area contributed by atoms with E-state index in [2.05, 4.69) is 29.8 Å². The molecule has 1 aliphatic rings. The number of ether oxygens (including phenoxy) is 1. The Hall–Kier alpha value is -0.380. The largest absolute Gasteiger partial charge is 0.371 e. The number of hydrogen-bond acceptors (Lipinski definition) is 3. The summed E-state index contributed by atoms with van der Waals surface area (Å²) in [7, 11) is 0. The van der Waals surface area contributed by atoms with Gasteiger partial charge in [0.25, 0.3) is 0 Å². The number of hydrogen-bond donors (Lipinski definition) is 1. The van der Waals surface area contributed by atoms with Crippen molar-refractivity contribution in [2.45, 2.75) is 31.9 Å². The molecule has 1 aromatic rings. The van der Waals surface area contributed by atoms with Gasteiger partial charge in [-0.1, -0.05) is 6.07 Å². The van der Waals surface area contributed by atoms with E-state index in [9.17, 15) is 0 Å². The van der Waals surface area contributed by atoms with Crippen LogP contribution < -0.4 is 5.32 Å². The zero-order valence-electron chi connectivity index (χ0n) is 8.53. The van der Waals surface area contributed by atoms with Gasteiger partial charge in [0.15, 0.2) is 0 Å². The van der Waals surface area contributed by atoms with E-state index in [1.54, 1.807) is 11.3 Å². The van der Waals surface area contributed by atoms with Gasteiger partial charge in [0.2, 0.25) is 0 Å². The van der Waals surface area contributed by atoms with Crippen molar-refractivity contribution in [3.05, 3.63) is 22.4 Å². The second kappa shape index (κ2) is 4.91. The van der Waals surface area contributed by atoms with E-state index >= 15 is 0 Å². The van der Waals surface area contributed by atoms with Crippen LogP contribution in [-0.4, -0.2) is 19.2 Å². The molecule has 2 nitrogen and oxygen atoms in total. The zero-order valence-corrected chi connectivity index (χ0v) is 9.35. The van der Waals surface area contributed by atoms with Crippen LogP contribution in [0.25, 0.3) is 0 Å². The molecule has 2 heterocycles. The van der Waals surface area contributed by atoms with E-state index in [1.165, 1.54) is 17.7 Å². The quantitative estimate of drug-likeness (QED) is 0.826. The fourth-order valence-corrected chi connectivity index (χ4v) is 2.50. The van der Waals surface area contributed by atoms with Gasteiger partial charge in [0.05, 0.1) is 12.7 Å². The molecule has 2 rings (SSSR count). The van der Waals surface area contributed by atoms with Crippen LogP contribution >= 0.6 is 11.3 Å². The highest BCUT2D eigenvalue weighted by molar-refractivity contribution is 7.10. The normalized spacial score (nSPS) is 23.9. The highest BCUT2D eigenvalue weighted by Crippen LogP contribution is 2.22. The van der Waals surface area contributed by atoms with Gasteiger partial charge in [0.1, 0.15) is 0 Å². The van der Waals surface area contributed by atoms with Crippen LogP contribution in [0.4, 0.5) is 0 Å². The Labute approximate surface area is 89.3 Å². The molecule has 14 heavy (non-hydrogen) atoms. The Morgan fingerprint density at radius 2 is 2.64 bits per heavy atom. The van der Waals surface area contributed by atoms with Gasteiger partial charge in [-0.15, -0.1) is 11.3 Å². The van der Waals surface area contributed by atoms with Crippen LogP contribution in [0.2, 0.25) is 0 Å². The molecule has 0 bridgehead atoms. The van der Waals surface area contributed by atoms with Gasteiger partial charge in [-0.25, -0.2) is 0 Å². The van der Waals surface area contributed by atoms with Gasteiger partial charge in [0, 0.05) is 10.9 Å². The fourth-order valence-electron chi connectivity index (χ4n) is 1.76. The molecular weight excluding hydrogens is 194 g/mol. The first kappa shape index (κ1) is 10.1. The van der Waals surface area contributed by atoms with E-state index < -0.39 is 0 Å². The number of rotatable bonds is 4. The molecule has 0 unspecified atom stereocenters. The minimum absolute atomic E-state index is 0.248. The maximum Gasteiger partial charge on any atom is 0.0889 e. The highest BCUT2D eigenvalue weighted by atomic mass is 32.1. The van der Waals surface area contributed by atoms with Crippen LogP contribution in [0.15, 0.2) is 17.5 Å². The molecule has 0 saturated carbocycles. The van der Waals surface area contributed by atoms with Crippen molar-refractivity contribution < 1.29 is 4.74 Å². The van der Waals surface area contributed by atoms with Gasteiger partial charge in [-0.3, -0.25) is 0 Å². The smallest absolute Gasteiger partial charge is 0.0889 e. The van der Waals surface area contributed by atoms with Crippen LogP contribution in [0.1, 0.15) is 30.7 Å². The van der Waals surface area contributed by atoms with Crippen molar-refractivity contribution in [1.82, 2.24) is 5.32 Å². The maximum absolute atomic E-state index is 5.82. The predicted molar refractivity (Wildman–Crippen MR) is 59.7 cm³/mol. The van der Waals surface area contributed by atoms with E-state index in [0.717, 1.165) is 13.2 Å². The SMILES string of the molecule is C[C@@H](OC[C@H]1CCCN1)c1cccs1. The summed E-state index contributed by atoms with van der Waals surface area (Å²) in [5.41, 5.74) is 0. The molecular formula is C11H17NOS. The third-order valence-corrected chi connectivity index (χ3v) is 3.69. The Bertz CT molecular complexity index is 254. The zero-order chi connectivity index (χ0) is 9.80. The minimum atomic E-state index is 0.248. The molecule has 0 radical (unpaired) electrons. The van der Waals surface area contributed by atoms with E-state index in [4.69, 9.17) is 4.74 Å². The molecule has 1 aliphatic heterocycles. The molecule has 0 aliphatic carbocycles. The van der Waals surface area contributed by atoms with E-state index in [0.29, 0.717) is 6.04 Å². The summed E-state index contributed by atoms with van der Waals surface area (Å²) in [6.45, 7) is 4.13. The van der Waals surface area contributed by atoms with Crippen molar-refractivity contribution >= 4 is 11.3 Å². The van der Waals surface area contributed by atoms with Gasteiger partial charge < -0.3 is 10.1 Å². The van der Waals surface area contributed by atoms with Gasteiger partial charge in [-0.05, 0) is 37.8 Å². The topological polar surface area (TPSA) is 21.3 Å². The molecule has 0 aromatic carbocycles. The van der Waals surface area contributed by atoms with Crippen LogP contribution in [0, 0.1) is 0 Å². The Kier molecular flexibility index (Phi) is 3.56. The highest BCUT2D eigenvalue weighted by Gasteiger charge is 2.15. The third kappa shape index (κ3) is 2.56. The second-order valence-corrected chi connectivity index (χ2v) is 4.76. The predicted octanol–water partition coefficient (Wildman–Crippen LogP) is 2.58. The van der Waals surface area contributed by atoms with Crippen molar-refractivity contribution in [3.63, 3.8) is 0 Å². The summed E-state index contributed by atoms with van der Waals surface area (Å²) in [5.74, 6) is 0. The van der Waals surface area contributed by atoms with E-state index in [-0.39, 0.29) is 6.10 Å². The molecule has 0 amide bonds. The van der Waals surface area contributed by atoms with Crippen LogP contribution in [0.3, 0.4) is 0 Å². The first-order chi connectivity index (χ1) is 6.86. The molecule has 1 fully saturated rings. The summed E-state index contributed by atoms with van der Waals surface area (Å²) in [5, 5.41) is 5.54. The summed E-state index contributed by atoms with van der Waals surface area (Å²) >= 11 is 1.77. The van der Waals surface area contributed by atoms with Gasteiger partial charge >= 0.3 is 0 Å². The molecule has 2 atom stereocenters. The summed E-state index contributed by atoms with van der Waals surface area (Å²) in [6.07, 6.45) is 2.80. The monoisotopic (exact) mass is 211 g/mol. The summed E-state index contributed by atoms with van der Waals surface area (Å²) in [6, 6.07) is 4.79. The van der Waals surface area contributed by atoms with Crippen LogP contribution in [0.5, 0.6) is 0 Å². The second-order valence-electron chi connectivity index (χ2n) is 3.78. The maximum atomic E-state index is 5.82. The third-order valence-electron chi connectivity index (χ3n) is 2.65. The number of nitrogens with one attached hydrogen (secondary N) is 1. The summed E-state index contributed by atoms with van der Waals surface area (Å²) in [4.78, 5) is 1.32. The first-order valence-electron chi connectivity index (χ1n) is 5.24. The molecule has 1 saturated heterocycles. The Morgan fingerprint density at radius 1 is 1.71 bits per heavy atom. The van der Waals surface area contributed by atoms with Crippen molar-refractivity contribution in [3.8, 4) is 0 Å². The standard InChI is InChI=1S/C11H17NOS/c1-9(11-5-3-7-14-11)13-8-10-4-2-6-12-10/h3,5,7,9-10,12H,2,4,6,8H2,1H3/t9-,10-/m1/s1. The first-order valence-corrected chi connectivity index (χ1v) is 6.12. The Balaban J connectivity index is 1.74. The molecule has 0 spiro atoms. The van der Waals surface area contributed by atoms with Crippen LogP contribution in [-0.2, 0) is 4.74 Å². The average molecular weight is 211 g/mol. The van der Waals surface area contributed by atoms with E-state index in [1.807, 2.05) is 0 Å². The molecule has 78 valence electrons. The molecule has 1 aromatic heterocycles. The van der Waals surface area contributed by atoms with Gasteiger partial charge in [-0.2, -0.15) is 0 Å². The molecule has 1 N–H and O–H groups in total. The van der Waals surface area contributed by atoms with Crippen molar-refractivity contribution in [2.24, 2.45) is 0 Å². The van der Waals surface area contributed by atoms with Crippen molar-refractivity contribution in [1.29, 1.82) is 0 Å². The fraction of sp³-hybridized carbons (Fsp3) is 0.636. The summed E-state index contributed by atoms with van der Waals surface area (Å²) < 4.78 is 5.82. The lowest BCUT2D eigenvalue weighted by atomic mass is 10.2. The van der Waals surface area contributed by atoms with Crippen molar-refractivity contribution in [2.75, 3.05) is 13.2 Å². The lowest BCUT2D eigenvalue weighted by molar-refractivity contribution is 0.0547.